The Morgan fingerprint density at radius 1 is 0.961 bits per heavy atom. The van der Waals surface area contributed by atoms with E-state index in [2.05, 4.69) is 36.0 Å². The third kappa shape index (κ3) is 8.73. The molecule has 3 fully saturated rings. The van der Waals surface area contributed by atoms with Gasteiger partial charge < -0.3 is 25.8 Å². The minimum atomic E-state index is -4.51. The van der Waals surface area contributed by atoms with E-state index in [4.69, 9.17) is 11.6 Å². The van der Waals surface area contributed by atoms with Crippen LogP contribution in [0.5, 0.6) is 0 Å². The molecule has 3 aromatic rings. The third-order valence-electron chi connectivity index (χ3n) is 10.3. The number of likely N-dealkylation sites (tertiary alicyclic amines) is 1. The molecule has 2 aromatic carbocycles. The number of hydrogen-bond acceptors (Lipinski definition) is 7. The zero-order valence-corrected chi connectivity index (χ0v) is 29.5. The molecule has 1 aliphatic carbocycles. The highest BCUT2D eigenvalue weighted by atomic mass is 35.5. The summed E-state index contributed by atoms with van der Waals surface area (Å²) in [6.45, 7) is 8.56. The van der Waals surface area contributed by atoms with Crippen LogP contribution in [0.3, 0.4) is 0 Å². The number of aromatic nitrogens is 3. The lowest BCUT2D eigenvalue weighted by atomic mass is 9.92. The van der Waals surface area contributed by atoms with E-state index in [0.29, 0.717) is 25.4 Å². The van der Waals surface area contributed by atoms with Gasteiger partial charge in [0.25, 0.3) is 5.91 Å². The Hall–Kier alpha value is -4.01. The number of halogens is 4. The molecule has 51 heavy (non-hydrogen) atoms. The molecule has 1 saturated carbocycles. The number of rotatable bonds is 11. The second kappa shape index (κ2) is 15.3. The zero-order valence-electron chi connectivity index (χ0n) is 28.8. The Bertz CT molecular complexity index is 1720. The SMILES string of the molecule is CC(C)(c1n[nH]c(CNC(=O)[C@H]2C[C@@H]2c2ccc(-c3ccc(C(=O)NCC(=O)N4CCC(CN5CCNCC5)CC4)c(Cl)c3)cc2)n1)C(F)(F)F. The number of hydrogen-bond donors (Lipinski definition) is 4. The summed E-state index contributed by atoms with van der Waals surface area (Å²) in [5.74, 6) is -0.566. The Labute approximate surface area is 300 Å². The van der Waals surface area contributed by atoms with Crippen molar-refractivity contribution in [2.24, 2.45) is 11.8 Å². The maximum absolute atomic E-state index is 13.3. The zero-order chi connectivity index (χ0) is 36.3. The molecule has 0 unspecified atom stereocenters. The second-order valence-electron chi connectivity index (χ2n) is 14.3. The van der Waals surface area contributed by atoms with Gasteiger partial charge in [-0.2, -0.15) is 18.3 Å². The molecule has 11 nitrogen and oxygen atoms in total. The number of benzene rings is 2. The molecule has 0 spiro atoms. The standard InChI is InChI=1S/C36H44ClF3N8O3/c1-35(2,36(38,39)40)34-44-30(45-46-34)19-42-33(51)28-18-27(28)24-5-3-23(4-6-24)25-7-8-26(29(37)17-25)32(50)43-20-31(49)48-13-9-22(10-14-48)21-47-15-11-41-12-16-47/h3-8,17,22,27-28,41H,9-16,18-21H2,1-2H3,(H,42,51)(H,43,50)(H,44,45,46)/t27-,28+/m1/s1. The van der Waals surface area contributed by atoms with Gasteiger partial charge in [-0.15, -0.1) is 0 Å². The van der Waals surface area contributed by atoms with Crippen LogP contribution in [0.4, 0.5) is 13.2 Å². The fourth-order valence-electron chi connectivity index (χ4n) is 6.72. The first-order valence-corrected chi connectivity index (χ1v) is 17.8. The number of piperazine rings is 1. The molecule has 2 saturated heterocycles. The van der Waals surface area contributed by atoms with E-state index >= 15 is 0 Å². The monoisotopic (exact) mass is 728 g/mol. The Morgan fingerprint density at radius 3 is 2.31 bits per heavy atom. The van der Waals surface area contributed by atoms with Crippen LogP contribution in [-0.2, 0) is 21.5 Å². The topological polar surface area (TPSA) is 135 Å². The third-order valence-corrected chi connectivity index (χ3v) is 10.6. The van der Waals surface area contributed by atoms with Gasteiger partial charge in [-0.3, -0.25) is 19.5 Å². The van der Waals surface area contributed by atoms with Crippen molar-refractivity contribution in [3.63, 3.8) is 0 Å². The molecule has 2 atom stereocenters. The molecule has 0 bridgehead atoms. The summed E-state index contributed by atoms with van der Waals surface area (Å²) < 4.78 is 39.9. The molecule has 3 aliphatic rings. The van der Waals surface area contributed by atoms with Crippen molar-refractivity contribution in [3.8, 4) is 11.1 Å². The molecule has 6 rings (SSSR count). The summed E-state index contributed by atoms with van der Waals surface area (Å²) in [7, 11) is 0. The highest BCUT2D eigenvalue weighted by Crippen LogP contribution is 2.48. The van der Waals surface area contributed by atoms with Gasteiger partial charge in [0.05, 0.1) is 23.7 Å². The van der Waals surface area contributed by atoms with Crippen molar-refractivity contribution < 1.29 is 27.6 Å². The molecule has 4 N–H and O–H groups in total. The molecule has 3 amide bonds. The van der Waals surface area contributed by atoms with E-state index in [1.165, 1.54) is 0 Å². The number of carbonyl (C=O) groups is 3. The first-order chi connectivity index (χ1) is 24.3. The van der Waals surface area contributed by atoms with Crippen molar-refractivity contribution in [2.45, 2.75) is 57.2 Å². The van der Waals surface area contributed by atoms with Gasteiger partial charge in [0, 0.05) is 51.7 Å². The highest BCUT2D eigenvalue weighted by molar-refractivity contribution is 6.34. The molecule has 15 heteroatoms. The predicted octanol–water partition coefficient (Wildman–Crippen LogP) is 4.26. The number of H-pyrrole nitrogens is 1. The quantitative estimate of drug-likeness (QED) is 0.232. The van der Waals surface area contributed by atoms with Crippen LogP contribution < -0.4 is 16.0 Å². The van der Waals surface area contributed by atoms with E-state index in [0.717, 1.165) is 76.1 Å². The van der Waals surface area contributed by atoms with Crippen LogP contribution in [-0.4, -0.2) is 101 Å². The second-order valence-corrected chi connectivity index (χ2v) is 14.7. The molecular weight excluding hydrogens is 685 g/mol. The normalized spacial score (nSPS) is 20.2. The minimum absolute atomic E-state index is 0.0227. The van der Waals surface area contributed by atoms with Crippen LogP contribution in [0.25, 0.3) is 11.1 Å². The number of nitrogens with one attached hydrogen (secondary N) is 4. The summed E-state index contributed by atoms with van der Waals surface area (Å²) in [4.78, 5) is 46.8. The van der Waals surface area contributed by atoms with E-state index in [1.807, 2.05) is 29.2 Å². The largest absolute Gasteiger partial charge is 0.401 e. The lowest BCUT2D eigenvalue weighted by Crippen LogP contribution is -2.48. The number of alkyl halides is 3. The summed E-state index contributed by atoms with van der Waals surface area (Å²) in [5.41, 5.74) is 0.757. The molecule has 3 heterocycles. The van der Waals surface area contributed by atoms with Gasteiger partial charge in [-0.25, -0.2) is 4.98 Å². The van der Waals surface area contributed by atoms with Gasteiger partial charge in [0.1, 0.15) is 11.2 Å². The Balaban J connectivity index is 0.945. The fourth-order valence-corrected chi connectivity index (χ4v) is 6.99. The van der Waals surface area contributed by atoms with E-state index in [9.17, 15) is 27.6 Å². The van der Waals surface area contributed by atoms with Crippen LogP contribution in [0.2, 0.25) is 5.02 Å². The number of carbonyl (C=O) groups excluding carboxylic acids is 3. The van der Waals surface area contributed by atoms with Crippen LogP contribution in [0.1, 0.15) is 66.6 Å². The summed E-state index contributed by atoms with van der Waals surface area (Å²) >= 11 is 6.53. The Kier molecular flexibility index (Phi) is 11.0. The van der Waals surface area contributed by atoms with Crippen molar-refractivity contribution in [1.82, 2.24) is 40.9 Å². The van der Waals surface area contributed by atoms with Crippen molar-refractivity contribution in [2.75, 3.05) is 52.4 Å². The van der Waals surface area contributed by atoms with Gasteiger partial charge >= 0.3 is 6.18 Å². The molecule has 274 valence electrons. The summed E-state index contributed by atoms with van der Waals surface area (Å²) in [5, 5.41) is 15.3. The molecule has 1 aromatic heterocycles. The van der Waals surface area contributed by atoms with Gasteiger partial charge in [0.15, 0.2) is 5.82 Å². The number of aromatic amines is 1. The van der Waals surface area contributed by atoms with Gasteiger partial charge in [0.2, 0.25) is 11.8 Å². The predicted molar refractivity (Wildman–Crippen MR) is 186 cm³/mol. The molecule has 0 radical (unpaired) electrons. The number of nitrogens with zero attached hydrogens (tertiary/aromatic N) is 4. The first-order valence-electron chi connectivity index (χ1n) is 17.5. The summed E-state index contributed by atoms with van der Waals surface area (Å²) in [6, 6.07) is 12.9. The highest BCUT2D eigenvalue weighted by Gasteiger charge is 2.51. The van der Waals surface area contributed by atoms with Gasteiger partial charge in [-0.1, -0.05) is 41.9 Å². The lowest BCUT2D eigenvalue weighted by Gasteiger charge is -2.36. The van der Waals surface area contributed by atoms with Gasteiger partial charge in [-0.05, 0) is 73.8 Å². The summed E-state index contributed by atoms with van der Waals surface area (Å²) in [6.07, 6.45) is -1.92. The van der Waals surface area contributed by atoms with Crippen molar-refractivity contribution in [3.05, 3.63) is 70.3 Å². The maximum atomic E-state index is 13.3. The number of piperidine rings is 1. The Morgan fingerprint density at radius 2 is 1.65 bits per heavy atom. The fraction of sp³-hybridized carbons (Fsp3) is 0.528. The first kappa shape index (κ1) is 36.8. The van der Waals surface area contributed by atoms with E-state index < -0.39 is 17.5 Å². The molecule has 2 aliphatic heterocycles. The van der Waals surface area contributed by atoms with E-state index in [1.54, 1.807) is 18.2 Å². The average molecular weight is 729 g/mol. The van der Waals surface area contributed by atoms with Crippen molar-refractivity contribution in [1.29, 1.82) is 0 Å². The smallest absolute Gasteiger partial charge is 0.349 e. The van der Waals surface area contributed by atoms with Crippen LogP contribution in [0, 0.1) is 11.8 Å². The number of amides is 3. The molecular formula is C36H44ClF3N8O3. The minimum Gasteiger partial charge on any atom is -0.349 e. The lowest BCUT2D eigenvalue weighted by molar-refractivity contribution is -0.182. The maximum Gasteiger partial charge on any atom is 0.401 e. The average Bonchev–Trinajstić information content (AvgIpc) is 3.77. The van der Waals surface area contributed by atoms with Crippen LogP contribution >= 0.6 is 11.6 Å². The van der Waals surface area contributed by atoms with E-state index in [-0.39, 0.29) is 59.0 Å². The van der Waals surface area contributed by atoms with Crippen molar-refractivity contribution >= 4 is 29.3 Å². The van der Waals surface area contributed by atoms with Crippen LogP contribution in [0.15, 0.2) is 42.5 Å².